The summed E-state index contributed by atoms with van der Waals surface area (Å²) in [4.78, 5) is 0. The van der Waals surface area contributed by atoms with Crippen molar-refractivity contribution in [2.45, 2.75) is 12.5 Å². The van der Waals surface area contributed by atoms with Gasteiger partial charge in [-0.15, -0.1) is 0 Å². The number of hydrogen-bond donors (Lipinski definition) is 1. The summed E-state index contributed by atoms with van der Waals surface area (Å²) in [6.45, 7) is 0. The molecule has 76 valence electrons. The van der Waals surface area contributed by atoms with E-state index in [1.807, 2.05) is 30.0 Å². The maximum Gasteiger partial charge on any atom is 0.0409 e. The number of rotatable bonds is 2. The number of nitrogens with two attached hydrogens (primary N) is 1. The lowest BCUT2D eigenvalue weighted by Crippen LogP contribution is -2.20. The minimum absolute atomic E-state index is 0.156. The third-order valence-corrected chi connectivity index (χ3v) is 4.13. The second-order valence-corrected chi connectivity index (χ2v) is 5.29. The van der Waals surface area contributed by atoms with Crippen molar-refractivity contribution in [3.8, 4) is 0 Å². The molecule has 0 saturated carbocycles. The number of thioether (sulfide) groups is 1. The zero-order chi connectivity index (χ0) is 9.97. The highest BCUT2D eigenvalue weighted by Crippen LogP contribution is 2.33. The summed E-state index contributed by atoms with van der Waals surface area (Å²) in [5, 5.41) is 0.781. The topological polar surface area (TPSA) is 26.0 Å². The summed E-state index contributed by atoms with van der Waals surface area (Å²) < 4.78 is 0. The molecule has 2 rings (SSSR count). The molecule has 0 amide bonds. The smallest absolute Gasteiger partial charge is 0.0409 e. The van der Waals surface area contributed by atoms with E-state index < -0.39 is 0 Å². The van der Waals surface area contributed by atoms with E-state index in [4.69, 9.17) is 17.3 Å². The van der Waals surface area contributed by atoms with Crippen molar-refractivity contribution in [1.82, 2.24) is 0 Å². The Hall–Kier alpha value is -0.180. The Labute approximate surface area is 94.0 Å². The van der Waals surface area contributed by atoms with E-state index >= 15 is 0 Å². The van der Waals surface area contributed by atoms with Gasteiger partial charge >= 0.3 is 0 Å². The van der Waals surface area contributed by atoms with E-state index in [0.717, 1.165) is 5.02 Å². The second kappa shape index (κ2) is 4.56. The van der Waals surface area contributed by atoms with Gasteiger partial charge < -0.3 is 5.73 Å². The van der Waals surface area contributed by atoms with Gasteiger partial charge in [0.05, 0.1) is 0 Å². The third-order valence-electron chi connectivity index (χ3n) is 2.71. The fourth-order valence-electron chi connectivity index (χ4n) is 1.82. The fraction of sp³-hybridized carbons (Fsp3) is 0.455. The Balaban J connectivity index is 2.13. The lowest BCUT2D eigenvalue weighted by Gasteiger charge is -2.18. The average molecular weight is 228 g/mol. The monoisotopic (exact) mass is 227 g/mol. The third kappa shape index (κ3) is 2.25. The predicted octanol–water partition coefficient (Wildman–Crippen LogP) is 3.09. The second-order valence-electron chi connectivity index (χ2n) is 3.70. The van der Waals surface area contributed by atoms with Crippen LogP contribution in [0.4, 0.5) is 0 Å². The van der Waals surface area contributed by atoms with Crippen LogP contribution in [0.5, 0.6) is 0 Å². The van der Waals surface area contributed by atoms with E-state index in [-0.39, 0.29) is 6.04 Å². The first-order valence-electron chi connectivity index (χ1n) is 4.86. The molecule has 3 heteroatoms. The summed E-state index contributed by atoms with van der Waals surface area (Å²) in [6.07, 6.45) is 1.23. The van der Waals surface area contributed by atoms with E-state index in [2.05, 4.69) is 6.07 Å². The van der Waals surface area contributed by atoms with Gasteiger partial charge in [0.1, 0.15) is 0 Å². The number of halogens is 1. The van der Waals surface area contributed by atoms with Crippen molar-refractivity contribution in [3.63, 3.8) is 0 Å². The molecule has 1 fully saturated rings. The first-order valence-corrected chi connectivity index (χ1v) is 6.39. The highest BCUT2D eigenvalue weighted by Gasteiger charge is 2.23. The Kier molecular flexibility index (Phi) is 3.37. The van der Waals surface area contributed by atoms with Crippen LogP contribution < -0.4 is 5.73 Å². The van der Waals surface area contributed by atoms with Gasteiger partial charge in [0, 0.05) is 11.1 Å². The predicted molar refractivity (Wildman–Crippen MR) is 63.8 cm³/mol. The molecule has 2 atom stereocenters. The van der Waals surface area contributed by atoms with E-state index in [9.17, 15) is 0 Å². The molecule has 14 heavy (non-hydrogen) atoms. The molecule has 2 unspecified atom stereocenters. The Morgan fingerprint density at radius 3 is 3.00 bits per heavy atom. The van der Waals surface area contributed by atoms with Crippen molar-refractivity contribution in [3.05, 3.63) is 34.9 Å². The van der Waals surface area contributed by atoms with E-state index in [0.29, 0.717) is 5.92 Å². The van der Waals surface area contributed by atoms with Crippen LogP contribution in [0.2, 0.25) is 5.02 Å². The number of hydrogen-bond acceptors (Lipinski definition) is 2. The van der Waals surface area contributed by atoms with Gasteiger partial charge in [0.2, 0.25) is 0 Å². The zero-order valence-corrected chi connectivity index (χ0v) is 9.52. The largest absolute Gasteiger partial charge is 0.324 e. The summed E-state index contributed by atoms with van der Waals surface area (Å²) in [5.74, 6) is 3.06. The van der Waals surface area contributed by atoms with Crippen LogP contribution in [0, 0.1) is 5.92 Å². The van der Waals surface area contributed by atoms with Crippen LogP contribution in [0.3, 0.4) is 0 Å². The molecule has 1 aliphatic rings. The molecule has 0 aliphatic carbocycles. The highest BCUT2D eigenvalue weighted by atomic mass is 35.5. The van der Waals surface area contributed by atoms with Crippen LogP contribution in [0.15, 0.2) is 24.3 Å². The van der Waals surface area contributed by atoms with Crippen LogP contribution in [-0.4, -0.2) is 11.5 Å². The molecule has 0 spiro atoms. The van der Waals surface area contributed by atoms with Gasteiger partial charge in [-0.2, -0.15) is 11.8 Å². The highest BCUT2D eigenvalue weighted by molar-refractivity contribution is 7.99. The molecular formula is C11H14ClNS. The molecule has 1 nitrogen and oxygen atoms in total. The van der Waals surface area contributed by atoms with Crippen LogP contribution in [0.1, 0.15) is 18.0 Å². The average Bonchev–Trinajstić information content (AvgIpc) is 2.69. The Morgan fingerprint density at radius 2 is 2.36 bits per heavy atom. The number of benzene rings is 1. The molecule has 2 N–H and O–H groups in total. The molecule has 1 saturated heterocycles. The van der Waals surface area contributed by atoms with Crippen LogP contribution in [0.25, 0.3) is 0 Å². The summed E-state index contributed by atoms with van der Waals surface area (Å²) in [6, 6.07) is 8.07. The summed E-state index contributed by atoms with van der Waals surface area (Å²) in [7, 11) is 0. The SMILES string of the molecule is NC(c1cccc(Cl)c1)C1CCSC1. The minimum Gasteiger partial charge on any atom is -0.324 e. The minimum atomic E-state index is 0.156. The van der Waals surface area contributed by atoms with Gasteiger partial charge in [0.15, 0.2) is 0 Å². The van der Waals surface area contributed by atoms with E-state index in [1.165, 1.54) is 23.5 Å². The standard InChI is InChI=1S/C11H14ClNS/c12-10-3-1-2-8(6-10)11(13)9-4-5-14-7-9/h1-3,6,9,11H,4-5,7,13H2. The van der Waals surface area contributed by atoms with Crippen molar-refractivity contribution >= 4 is 23.4 Å². The van der Waals surface area contributed by atoms with Crippen molar-refractivity contribution < 1.29 is 0 Å². The fourth-order valence-corrected chi connectivity index (χ4v) is 3.33. The van der Waals surface area contributed by atoms with Gasteiger partial charge in [-0.1, -0.05) is 23.7 Å². The molecule has 0 radical (unpaired) electrons. The molecule has 0 aromatic heterocycles. The lowest BCUT2D eigenvalue weighted by atomic mass is 9.93. The van der Waals surface area contributed by atoms with Crippen LogP contribution >= 0.6 is 23.4 Å². The van der Waals surface area contributed by atoms with Gasteiger partial charge in [-0.25, -0.2) is 0 Å². The van der Waals surface area contributed by atoms with Crippen molar-refractivity contribution in [2.75, 3.05) is 11.5 Å². The zero-order valence-electron chi connectivity index (χ0n) is 7.95. The Bertz CT molecular complexity index is 310. The summed E-state index contributed by atoms with van der Waals surface area (Å²) in [5.41, 5.74) is 7.37. The van der Waals surface area contributed by atoms with E-state index in [1.54, 1.807) is 0 Å². The van der Waals surface area contributed by atoms with Crippen molar-refractivity contribution in [1.29, 1.82) is 0 Å². The van der Waals surface area contributed by atoms with Gasteiger partial charge in [-0.3, -0.25) is 0 Å². The van der Waals surface area contributed by atoms with Crippen LogP contribution in [-0.2, 0) is 0 Å². The normalized spacial score (nSPS) is 23.7. The maximum atomic E-state index is 6.20. The molecule has 1 aliphatic heterocycles. The Morgan fingerprint density at radius 1 is 1.50 bits per heavy atom. The quantitative estimate of drug-likeness (QED) is 0.841. The first kappa shape index (κ1) is 10.3. The summed E-state index contributed by atoms with van der Waals surface area (Å²) >= 11 is 7.93. The molecule has 1 heterocycles. The molecule has 1 aromatic rings. The van der Waals surface area contributed by atoms with Gasteiger partial charge in [0.25, 0.3) is 0 Å². The molecular weight excluding hydrogens is 214 g/mol. The lowest BCUT2D eigenvalue weighted by molar-refractivity contribution is 0.482. The molecule has 0 bridgehead atoms. The molecule has 1 aromatic carbocycles. The van der Waals surface area contributed by atoms with Crippen molar-refractivity contribution in [2.24, 2.45) is 11.7 Å². The van der Waals surface area contributed by atoms with Gasteiger partial charge in [-0.05, 0) is 41.5 Å². The first-order chi connectivity index (χ1) is 6.77. The maximum absolute atomic E-state index is 6.20.